The van der Waals surface area contributed by atoms with Crippen LogP contribution >= 0.6 is 12.4 Å². The first-order valence-electron chi connectivity index (χ1n) is 11.4. The van der Waals surface area contributed by atoms with Crippen LogP contribution in [0.5, 0.6) is 0 Å². The topological polar surface area (TPSA) is 23.5 Å². The summed E-state index contributed by atoms with van der Waals surface area (Å²) in [5, 5.41) is 11.8. The lowest BCUT2D eigenvalue weighted by Gasteiger charge is -2.40. The van der Waals surface area contributed by atoms with Gasteiger partial charge < -0.3 is 10.0 Å². The van der Waals surface area contributed by atoms with Crippen LogP contribution in [0, 0.1) is 5.92 Å². The number of nitrogens with zero attached hydrogens (tertiary/aromatic N) is 1. The van der Waals surface area contributed by atoms with Gasteiger partial charge in [-0.15, -0.1) is 12.4 Å². The molecule has 0 bridgehead atoms. The maximum Gasteiger partial charge on any atom is 0.0936 e. The third kappa shape index (κ3) is 4.71. The molecule has 2 fully saturated rings. The lowest BCUT2D eigenvalue weighted by molar-refractivity contribution is -0.0528. The van der Waals surface area contributed by atoms with Gasteiger partial charge in [-0.25, -0.2) is 0 Å². The highest BCUT2D eigenvalue weighted by Crippen LogP contribution is 2.41. The van der Waals surface area contributed by atoms with E-state index >= 15 is 0 Å². The van der Waals surface area contributed by atoms with E-state index in [1.54, 1.807) is 0 Å². The van der Waals surface area contributed by atoms with E-state index in [1.807, 2.05) is 0 Å². The van der Waals surface area contributed by atoms with Gasteiger partial charge in [0.1, 0.15) is 0 Å². The highest BCUT2D eigenvalue weighted by atomic mass is 35.5. The lowest BCUT2D eigenvalue weighted by atomic mass is 9.71. The number of hydrogen-bond acceptors (Lipinski definition) is 2. The van der Waals surface area contributed by atoms with Gasteiger partial charge in [0, 0.05) is 6.54 Å². The molecule has 2 nitrogen and oxygen atoms in total. The minimum atomic E-state index is -1.37. The van der Waals surface area contributed by atoms with Gasteiger partial charge >= 0.3 is 0 Å². The first-order chi connectivity index (χ1) is 12.9. The number of rotatable bonds is 5. The number of piperidine rings is 1. The van der Waals surface area contributed by atoms with Crippen LogP contribution in [0.2, 0.25) is 0 Å². The number of likely N-dealkylation sites (tertiary alicyclic amines) is 1. The van der Waals surface area contributed by atoms with E-state index in [0.717, 1.165) is 58.0 Å². The molecule has 0 aromatic heterocycles. The molecule has 3 rings (SSSR count). The minimum Gasteiger partial charge on any atom is -0.385 e. The molecule has 1 unspecified atom stereocenters. The second-order valence-corrected chi connectivity index (χ2v) is 6.91. The highest BCUT2D eigenvalue weighted by molar-refractivity contribution is 5.85. The van der Waals surface area contributed by atoms with Crippen molar-refractivity contribution in [3.05, 3.63) is 35.8 Å². The summed E-state index contributed by atoms with van der Waals surface area (Å²) in [5.41, 5.74) is -1.26. The molecule has 1 saturated heterocycles. The zero-order chi connectivity index (χ0) is 19.6. The van der Waals surface area contributed by atoms with E-state index < -0.39 is 11.6 Å². The fraction of sp³-hybridized carbons (Fsp3) is 0.700. The minimum absolute atomic E-state index is 0. The van der Waals surface area contributed by atoms with E-state index in [2.05, 4.69) is 4.90 Å². The van der Waals surface area contributed by atoms with E-state index in [1.165, 1.54) is 6.42 Å². The molecule has 1 aliphatic heterocycles. The largest absolute Gasteiger partial charge is 0.385 e. The summed E-state index contributed by atoms with van der Waals surface area (Å²) in [4.78, 5) is 2.34. The second kappa shape index (κ2) is 9.05. The monoisotopic (exact) mass is 342 g/mol. The Kier molecular flexibility index (Phi) is 5.02. The van der Waals surface area contributed by atoms with Crippen molar-refractivity contribution in [3.63, 3.8) is 0 Å². The summed E-state index contributed by atoms with van der Waals surface area (Å²) in [6.45, 7) is 2.73. The van der Waals surface area contributed by atoms with Gasteiger partial charge in [0.2, 0.25) is 0 Å². The molecule has 0 spiro atoms. The molecule has 130 valence electrons. The Morgan fingerprint density at radius 3 is 2.26 bits per heavy atom. The molecular formula is C20H32ClNO. The summed E-state index contributed by atoms with van der Waals surface area (Å²) >= 11 is 0. The quantitative estimate of drug-likeness (QED) is 0.834. The molecule has 2 aliphatic rings. The lowest BCUT2D eigenvalue weighted by Crippen LogP contribution is -2.41. The van der Waals surface area contributed by atoms with Gasteiger partial charge in [0.15, 0.2) is 0 Å². The maximum absolute atomic E-state index is 11.8. The van der Waals surface area contributed by atoms with Gasteiger partial charge in [0.25, 0.3) is 0 Å². The average Bonchev–Trinajstić information content (AvgIpc) is 2.71. The van der Waals surface area contributed by atoms with Crippen molar-refractivity contribution < 1.29 is 12.0 Å². The number of benzene rings is 1. The second-order valence-electron chi connectivity index (χ2n) is 6.91. The molecule has 1 aliphatic carbocycles. The first-order valence-corrected chi connectivity index (χ1v) is 8.88. The zero-order valence-electron chi connectivity index (χ0n) is 18.9. The van der Waals surface area contributed by atoms with Gasteiger partial charge in [-0.1, -0.05) is 55.9 Å². The molecule has 23 heavy (non-hydrogen) atoms. The summed E-state index contributed by atoms with van der Waals surface area (Å²) < 4.78 is 40.7. The number of aliphatic hydroxyl groups is 1. The Morgan fingerprint density at radius 2 is 1.61 bits per heavy atom. The Hall–Kier alpha value is -0.570. The van der Waals surface area contributed by atoms with Crippen molar-refractivity contribution in [2.75, 3.05) is 19.6 Å². The first kappa shape index (κ1) is 12.7. The van der Waals surface area contributed by atoms with Crippen molar-refractivity contribution >= 4 is 12.4 Å². The predicted octanol–water partition coefficient (Wildman–Crippen LogP) is 4.75. The normalized spacial score (nSPS) is 26.0. The van der Waals surface area contributed by atoms with Crippen LogP contribution < -0.4 is 0 Å². The fourth-order valence-corrected chi connectivity index (χ4v) is 4.09. The molecule has 3 heteroatoms. The molecule has 1 aromatic rings. The predicted molar refractivity (Wildman–Crippen MR) is 99.1 cm³/mol. The third-order valence-electron chi connectivity index (χ3n) is 5.47. The van der Waals surface area contributed by atoms with E-state index in [-0.39, 0.29) is 48.1 Å². The fourth-order valence-electron chi connectivity index (χ4n) is 4.09. The van der Waals surface area contributed by atoms with Crippen LogP contribution in [-0.2, 0) is 5.60 Å². The summed E-state index contributed by atoms with van der Waals surface area (Å²) in [6.07, 6.45) is 8.87. The zero-order valence-corrected chi connectivity index (χ0v) is 14.7. The van der Waals surface area contributed by atoms with Crippen LogP contribution in [0.3, 0.4) is 0 Å². The van der Waals surface area contributed by atoms with Crippen LogP contribution in [0.1, 0.15) is 70.2 Å². The van der Waals surface area contributed by atoms with Gasteiger partial charge in [-0.05, 0) is 56.7 Å². The van der Waals surface area contributed by atoms with Gasteiger partial charge in [0.05, 0.1) is 12.5 Å². The van der Waals surface area contributed by atoms with Gasteiger partial charge in [-0.2, -0.15) is 0 Å². The number of hydrogen-bond donors (Lipinski definition) is 1. The van der Waals surface area contributed by atoms with Crippen molar-refractivity contribution in [3.8, 4) is 0 Å². The Bertz CT molecular complexity index is 648. The molecule has 1 saturated carbocycles. The van der Waals surface area contributed by atoms with Crippen LogP contribution in [0.15, 0.2) is 30.2 Å². The third-order valence-corrected chi connectivity index (χ3v) is 5.47. The average molecular weight is 343 g/mol. The van der Waals surface area contributed by atoms with Crippen LogP contribution in [0.4, 0.5) is 0 Å². The van der Waals surface area contributed by atoms with Crippen molar-refractivity contribution in [2.24, 2.45) is 5.92 Å². The van der Waals surface area contributed by atoms with E-state index in [0.29, 0.717) is 13.0 Å². The van der Waals surface area contributed by atoms with Crippen molar-refractivity contribution in [2.45, 2.75) is 63.4 Å². The molecule has 0 radical (unpaired) electrons. The van der Waals surface area contributed by atoms with E-state index in [9.17, 15) is 5.11 Å². The molecule has 1 heterocycles. The summed E-state index contributed by atoms with van der Waals surface area (Å²) in [5.74, 6) is -0.0559. The SMILES string of the molecule is Cl.[2H]c1c([2H])c([2H])c(C(O)(CCN2CCCCC2)C2CCCCC2)c([2H])c1[2H]. The molecule has 1 N–H and O–H groups in total. The summed E-state index contributed by atoms with van der Waals surface area (Å²) in [7, 11) is 0. The van der Waals surface area contributed by atoms with Crippen molar-refractivity contribution in [1.29, 1.82) is 0 Å². The number of halogens is 1. The van der Waals surface area contributed by atoms with Gasteiger partial charge in [-0.3, -0.25) is 0 Å². The molecular weight excluding hydrogens is 306 g/mol. The summed E-state index contributed by atoms with van der Waals surface area (Å²) in [6, 6.07) is -1.58. The van der Waals surface area contributed by atoms with Crippen molar-refractivity contribution in [1.82, 2.24) is 4.90 Å². The molecule has 1 aromatic carbocycles. The smallest absolute Gasteiger partial charge is 0.0936 e. The molecule has 0 amide bonds. The highest BCUT2D eigenvalue weighted by Gasteiger charge is 2.38. The maximum atomic E-state index is 11.8. The Labute approximate surface area is 154 Å². The van der Waals surface area contributed by atoms with Crippen LogP contribution in [-0.4, -0.2) is 29.6 Å². The Morgan fingerprint density at radius 1 is 1.00 bits per heavy atom. The standard InChI is InChI=1S/C20H31NO.ClH/c22-20(18-10-4-1-5-11-18,19-12-6-2-7-13-19)14-17-21-15-8-3-9-16-21;/h1,4-5,10-11,19,22H,2-3,6-9,12-17H2;1H/i1D,4D,5D,10D,11D;. The Balaban J connectivity index is 0.00000280. The molecule has 1 atom stereocenters. The van der Waals surface area contributed by atoms with E-state index in [4.69, 9.17) is 6.85 Å². The van der Waals surface area contributed by atoms with Crippen LogP contribution in [0.25, 0.3) is 0 Å².